The maximum absolute atomic E-state index is 5.89. The number of methoxy groups -OCH3 is 1. The molecule has 0 unspecified atom stereocenters. The fraction of sp³-hybridized carbons (Fsp3) is 0.217. The number of rotatable bonds is 7. The Labute approximate surface area is 153 Å². The summed E-state index contributed by atoms with van der Waals surface area (Å²) in [5.41, 5.74) is 2.61. The zero-order valence-electron chi connectivity index (χ0n) is 15.0. The van der Waals surface area contributed by atoms with Gasteiger partial charge in [-0.05, 0) is 37.1 Å². The normalized spacial score (nSPS) is 11.1. The van der Waals surface area contributed by atoms with E-state index in [-0.39, 0.29) is 0 Å². The second-order valence-electron chi connectivity index (χ2n) is 6.39. The van der Waals surface area contributed by atoms with Gasteiger partial charge >= 0.3 is 0 Å². The summed E-state index contributed by atoms with van der Waals surface area (Å²) in [4.78, 5) is 0. The van der Waals surface area contributed by atoms with Crippen LogP contribution in [-0.2, 0) is 6.54 Å². The van der Waals surface area contributed by atoms with Crippen molar-refractivity contribution in [3.05, 3.63) is 72.8 Å². The molecule has 0 amide bonds. The van der Waals surface area contributed by atoms with Crippen molar-refractivity contribution in [3.63, 3.8) is 0 Å². The first-order valence-corrected chi connectivity index (χ1v) is 9.10. The van der Waals surface area contributed by atoms with Crippen LogP contribution in [0.15, 0.2) is 72.8 Å². The van der Waals surface area contributed by atoms with E-state index in [1.807, 2.05) is 24.3 Å². The molecule has 26 heavy (non-hydrogen) atoms. The molecule has 132 valence electrons. The summed E-state index contributed by atoms with van der Waals surface area (Å²) in [7, 11) is 1.67. The van der Waals surface area contributed by atoms with Gasteiger partial charge in [-0.3, -0.25) is 0 Å². The number of aromatic nitrogens is 1. The predicted molar refractivity (Wildman–Crippen MR) is 107 cm³/mol. The molecule has 0 saturated heterocycles. The largest absolute Gasteiger partial charge is 0.493 e. The van der Waals surface area contributed by atoms with E-state index in [9.17, 15) is 0 Å². The third kappa shape index (κ3) is 3.13. The monoisotopic (exact) mass is 345 g/mol. The highest BCUT2D eigenvalue weighted by Gasteiger charge is 2.09. The van der Waals surface area contributed by atoms with Gasteiger partial charge in [0.2, 0.25) is 0 Å². The molecule has 1 heterocycles. The number of fused-ring (bicyclic) bond motifs is 3. The number of benzene rings is 3. The molecule has 0 radical (unpaired) electrons. The summed E-state index contributed by atoms with van der Waals surface area (Å²) in [5.74, 6) is 1.60. The van der Waals surface area contributed by atoms with Crippen LogP contribution in [0.4, 0.5) is 0 Å². The number of unbranched alkanes of at least 4 members (excludes halogenated alkanes) is 1. The van der Waals surface area contributed by atoms with Crippen molar-refractivity contribution in [1.82, 2.24) is 4.57 Å². The van der Waals surface area contributed by atoms with E-state index in [1.54, 1.807) is 7.11 Å². The Kier molecular flexibility index (Phi) is 4.78. The molecule has 0 aliphatic carbocycles. The van der Waals surface area contributed by atoms with E-state index in [2.05, 4.69) is 53.1 Å². The van der Waals surface area contributed by atoms with E-state index in [4.69, 9.17) is 9.47 Å². The summed E-state index contributed by atoms with van der Waals surface area (Å²) in [6.07, 6.45) is 2.07. The molecule has 0 atom stereocenters. The van der Waals surface area contributed by atoms with Crippen molar-refractivity contribution >= 4 is 21.8 Å². The second kappa shape index (κ2) is 7.52. The van der Waals surface area contributed by atoms with Gasteiger partial charge in [-0.25, -0.2) is 0 Å². The van der Waals surface area contributed by atoms with E-state index >= 15 is 0 Å². The molecule has 0 aliphatic rings. The fourth-order valence-electron chi connectivity index (χ4n) is 3.54. The lowest BCUT2D eigenvalue weighted by atomic mass is 10.2. The van der Waals surface area contributed by atoms with Crippen LogP contribution in [-0.4, -0.2) is 18.3 Å². The van der Waals surface area contributed by atoms with E-state index in [1.165, 1.54) is 21.8 Å². The van der Waals surface area contributed by atoms with Crippen LogP contribution in [0.1, 0.15) is 12.8 Å². The number of para-hydroxylation sites is 4. The average molecular weight is 345 g/mol. The van der Waals surface area contributed by atoms with Gasteiger partial charge in [0.15, 0.2) is 11.5 Å². The Bertz CT molecular complexity index is 966. The minimum Gasteiger partial charge on any atom is -0.493 e. The molecule has 0 saturated carbocycles. The molecule has 4 aromatic rings. The van der Waals surface area contributed by atoms with Crippen LogP contribution in [0.2, 0.25) is 0 Å². The van der Waals surface area contributed by atoms with Gasteiger partial charge in [-0.1, -0.05) is 48.5 Å². The molecule has 3 aromatic carbocycles. The average Bonchev–Trinajstić information content (AvgIpc) is 3.02. The number of aryl methyl sites for hydroxylation is 1. The Morgan fingerprint density at radius 3 is 1.92 bits per heavy atom. The number of hydrogen-bond donors (Lipinski definition) is 0. The Hall–Kier alpha value is -2.94. The van der Waals surface area contributed by atoms with Gasteiger partial charge in [0, 0.05) is 28.4 Å². The zero-order chi connectivity index (χ0) is 17.8. The second-order valence-corrected chi connectivity index (χ2v) is 6.39. The summed E-state index contributed by atoms with van der Waals surface area (Å²) in [5, 5.41) is 2.65. The predicted octanol–water partition coefficient (Wildman–Crippen LogP) is 5.66. The SMILES string of the molecule is COc1ccccc1OCCCCn1c2ccccc2c2ccccc21. The van der Waals surface area contributed by atoms with Crippen LogP contribution in [0.25, 0.3) is 21.8 Å². The third-order valence-corrected chi connectivity index (χ3v) is 4.78. The van der Waals surface area contributed by atoms with Crippen molar-refractivity contribution < 1.29 is 9.47 Å². The van der Waals surface area contributed by atoms with E-state index < -0.39 is 0 Å². The molecule has 4 rings (SSSR count). The van der Waals surface area contributed by atoms with Crippen molar-refractivity contribution in [2.75, 3.05) is 13.7 Å². The van der Waals surface area contributed by atoms with Crippen LogP contribution in [0.3, 0.4) is 0 Å². The molecule has 0 N–H and O–H groups in total. The van der Waals surface area contributed by atoms with E-state index in [0.717, 1.165) is 30.9 Å². The first kappa shape index (κ1) is 16.5. The number of ether oxygens (including phenoxy) is 2. The highest BCUT2D eigenvalue weighted by atomic mass is 16.5. The van der Waals surface area contributed by atoms with Crippen molar-refractivity contribution in [2.45, 2.75) is 19.4 Å². The molecule has 0 bridgehead atoms. The quantitative estimate of drug-likeness (QED) is 0.403. The zero-order valence-corrected chi connectivity index (χ0v) is 15.0. The van der Waals surface area contributed by atoms with Gasteiger partial charge < -0.3 is 14.0 Å². The summed E-state index contributed by atoms with van der Waals surface area (Å²) < 4.78 is 13.6. The number of nitrogens with zero attached hydrogens (tertiary/aromatic N) is 1. The summed E-state index contributed by atoms with van der Waals surface area (Å²) >= 11 is 0. The molecule has 1 aromatic heterocycles. The Morgan fingerprint density at radius 1 is 0.692 bits per heavy atom. The van der Waals surface area contributed by atoms with Gasteiger partial charge in [0.05, 0.1) is 13.7 Å². The Morgan fingerprint density at radius 2 is 1.27 bits per heavy atom. The van der Waals surface area contributed by atoms with Gasteiger partial charge in [0.1, 0.15) is 0 Å². The Balaban J connectivity index is 1.43. The smallest absolute Gasteiger partial charge is 0.161 e. The number of hydrogen-bond acceptors (Lipinski definition) is 2. The minimum absolute atomic E-state index is 0.692. The first-order valence-electron chi connectivity index (χ1n) is 9.10. The molecule has 0 aliphatic heterocycles. The van der Waals surface area contributed by atoms with Crippen molar-refractivity contribution in [2.24, 2.45) is 0 Å². The van der Waals surface area contributed by atoms with Crippen LogP contribution < -0.4 is 9.47 Å². The lowest BCUT2D eigenvalue weighted by Gasteiger charge is -2.11. The van der Waals surface area contributed by atoms with E-state index in [0.29, 0.717) is 6.61 Å². The molecule has 0 fully saturated rings. The van der Waals surface area contributed by atoms with Crippen molar-refractivity contribution in [3.8, 4) is 11.5 Å². The maximum Gasteiger partial charge on any atom is 0.161 e. The molecular formula is C23H23NO2. The topological polar surface area (TPSA) is 23.4 Å². The molecule has 0 spiro atoms. The fourth-order valence-corrected chi connectivity index (χ4v) is 3.54. The van der Waals surface area contributed by atoms with Crippen LogP contribution >= 0.6 is 0 Å². The lowest BCUT2D eigenvalue weighted by Crippen LogP contribution is -2.03. The first-order chi connectivity index (χ1) is 12.9. The maximum atomic E-state index is 5.89. The summed E-state index contributed by atoms with van der Waals surface area (Å²) in [6.45, 7) is 1.68. The van der Waals surface area contributed by atoms with Gasteiger partial charge in [-0.2, -0.15) is 0 Å². The lowest BCUT2D eigenvalue weighted by molar-refractivity contribution is 0.284. The highest BCUT2D eigenvalue weighted by molar-refractivity contribution is 6.07. The van der Waals surface area contributed by atoms with Crippen LogP contribution in [0, 0.1) is 0 Å². The summed E-state index contributed by atoms with van der Waals surface area (Å²) in [6, 6.07) is 25.1. The van der Waals surface area contributed by atoms with Gasteiger partial charge in [0.25, 0.3) is 0 Å². The molecule has 3 nitrogen and oxygen atoms in total. The minimum atomic E-state index is 0.692. The highest BCUT2D eigenvalue weighted by Crippen LogP contribution is 2.29. The molecule has 3 heteroatoms. The third-order valence-electron chi connectivity index (χ3n) is 4.78. The standard InChI is InChI=1S/C23H23NO2/c1-25-22-14-6-7-15-23(22)26-17-9-8-16-24-20-12-4-2-10-18(20)19-11-3-5-13-21(19)24/h2-7,10-15H,8-9,16-17H2,1H3. The molecular weight excluding hydrogens is 322 g/mol. The van der Waals surface area contributed by atoms with Gasteiger partial charge in [-0.15, -0.1) is 0 Å². The van der Waals surface area contributed by atoms with Crippen molar-refractivity contribution in [1.29, 1.82) is 0 Å². The van der Waals surface area contributed by atoms with Crippen LogP contribution in [0.5, 0.6) is 11.5 Å².